The first-order chi connectivity index (χ1) is 9.96. The van der Waals surface area contributed by atoms with Crippen LogP contribution in [0.4, 0.5) is 4.39 Å². The van der Waals surface area contributed by atoms with Gasteiger partial charge in [0.05, 0.1) is 11.0 Å². The molecule has 21 heavy (non-hydrogen) atoms. The molecule has 2 rings (SSSR count). The summed E-state index contributed by atoms with van der Waals surface area (Å²) in [5.41, 5.74) is -1.17. The number of rotatable bonds is 4. The lowest BCUT2D eigenvalue weighted by atomic mass is 9.80. The smallest absolute Gasteiger partial charge is 0.311 e. The minimum atomic E-state index is -1.05. The molecule has 0 bridgehead atoms. The Bertz CT molecular complexity index is 538. The van der Waals surface area contributed by atoms with E-state index in [1.165, 1.54) is 12.1 Å². The number of benzene rings is 1. The molecular weight excluding hydrogens is 345 g/mol. The number of amides is 1. The van der Waals surface area contributed by atoms with E-state index in [2.05, 4.69) is 21.2 Å². The molecule has 0 radical (unpaired) electrons. The molecule has 0 aromatic heterocycles. The normalized spacial score (nSPS) is 17.2. The van der Waals surface area contributed by atoms with Gasteiger partial charge in [0.2, 0.25) is 0 Å². The Hall–Kier alpha value is -1.47. The van der Waals surface area contributed by atoms with Crippen molar-refractivity contribution in [1.29, 1.82) is 0 Å². The maximum Gasteiger partial charge on any atom is 0.311 e. The molecule has 0 atom stereocenters. The number of carboxylic acid groups (broad SMARTS) is 1. The van der Waals surface area contributed by atoms with Crippen molar-refractivity contribution in [2.24, 2.45) is 5.41 Å². The van der Waals surface area contributed by atoms with E-state index >= 15 is 0 Å². The third-order valence-electron chi connectivity index (χ3n) is 3.68. The van der Waals surface area contributed by atoms with Crippen molar-refractivity contribution in [2.45, 2.75) is 12.8 Å². The Morgan fingerprint density at radius 3 is 2.62 bits per heavy atom. The van der Waals surface area contributed by atoms with Gasteiger partial charge in [0.25, 0.3) is 5.91 Å². The standard InChI is InChI=1S/C14H15BrFNO4/c15-9-2-1-3-10(16)11(9)12(18)17-8-14(13(19)20)4-6-21-7-5-14/h1-3H,4-8H2,(H,17,18)(H,19,20). The van der Waals surface area contributed by atoms with Gasteiger partial charge in [-0.15, -0.1) is 0 Å². The number of carbonyl (C=O) groups is 2. The van der Waals surface area contributed by atoms with E-state index in [0.29, 0.717) is 30.5 Å². The lowest BCUT2D eigenvalue weighted by molar-refractivity contribution is -0.154. The topological polar surface area (TPSA) is 75.6 Å². The summed E-state index contributed by atoms with van der Waals surface area (Å²) >= 11 is 3.12. The molecule has 1 heterocycles. The van der Waals surface area contributed by atoms with Gasteiger partial charge in [0.1, 0.15) is 5.82 Å². The van der Waals surface area contributed by atoms with Crippen molar-refractivity contribution >= 4 is 27.8 Å². The van der Waals surface area contributed by atoms with Gasteiger partial charge in [0, 0.05) is 24.2 Å². The second-order valence-electron chi connectivity index (χ2n) is 4.98. The third-order valence-corrected chi connectivity index (χ3v) is 4.34. The largest absolute Gasteiger partial charge is 0.481 e. The first-order valence-electron chi connectivity index (χ1n) is 6.50. The molecule has 1 aliphatic rings. The SMILES string of the molecule is O=C(NCC1(C(=O)O)CCOCC1)c1c(F)cccc1Br. The minimum absolute atomic E-state index is 0.0503. The highest BCUT2D eigenvalue weighted by molar-refractivity contribution is 9.10. The Kier molecular flexibility index (Phi) is 4.95. The van der Waals surface area contributed by atoms with Crippen molar-refractivity contribution in [2.75, 3.05) is 19.8 Å². The van der Waals surface area contributed by atoms with E-state index in [1.54, 1.807) is 6.07 Å². The van der Waals surface area contributed by atoms with Crippen LogP contribution in [-0.4, -0.2) is 36.7 Å². The number of hydrogen-bond donors (Lipinski definition) is 2. The van der Waals surface area contributed by atoms with Crippen LogP contribution in [-0.2, 0) is 9.53 Å². The fraction of sp³-hybridized carbons (Fsp3) is 0.429. The van der Waals surface area contributed by atoms with E-state index in [1.807, 2.05) is 0 Å². The molecule has 0 unspecified atom stereocenters. The van der Waals surface area contributed by atoms with E-state index in [4.69, 9.17) is 4.74 Å². The van der Waals surface area contributed by atoms with E-state index in [9.17, 15) is 19.1 Å². The van der Waals surface area contributed by atoms with Gasteiger partial charge in [-0.05, 0) is 40.9 Å². The molecule has 1 aromatic carbocycles. The first-order valence-corrected chi connectivity index (χ1v) is 7.29. The Morgan fingerprint density at radius 1 is 1.38 bits per heavy atom. The first kappa shape index (κ1) is 15.9. The Balaban J connectivity index is 2.11. The van der Waals surface area contributed by atoms with Gasteiger partial charge < -0.3 is 15.2 Å². The van der Waals surface area contributed by atoms with Crippen LogP contribution in [0.2, 0.25) is 0 Å². The second kappa shape index (κ2) is 6.53. The van der Waals surface area contributed by atoms with E-state index < -0.39 is 23.1 Å². The average molecular weight is 360 g/mol. The number of ether oxygens (including phenoxy) is 1. The minimum Gasteiger partial charge on any atom is -0.481 e. The zero-order valence-electron chi connectivity index (χ0n) is 11.2. The maximum atomic E-state index is 13.7. The fourth-order valence-electron chi connectivity index (χ4n) is 2.28. The summed E-state index contributed by atoms with van der Waals surface area (Å²) in [7, 11) is 0. The molecule has 2 N–H and O–H groups in total. The molecule has 0 aliphatic carbocycles. The lowest BCUT2D eigenvalue weighted by Gasteiger charge is -2.33. The second-order valence-corrected chi connectivity index (χ2v) is 5.83. The summed E-state index contributed by atoms with van der Waals surface area (Å²) in [4.78, 5) is 23.6. The van der Waals surface area contributed by atoms with Crippen LogP contribution >= 0.6 is 15.9 Å². The summed E-state index contributed by atoms with van der Waals surface area (Å²) in [5.74, 6) is -2.26. The quantitative estimate of drug-likeness (QED) is 0.863. The molecule has 7 heteroatoms. The monoisotopic (exact) mass is 359 g/mol. The predicted octanol–water partition coefficient (Wildman–Crippen LogP) is 2.20. The highest BCUT2D eigenvalue weighted by Gasteiger charge is 2.40. The summed E-state index contributed by atoms with van der Waals surface area (Å²) in [6.45, 7) is 0.627. The van der Waals surface area contributed by atoms with E-state index in [0.717, 1.165) is 0 Å². The summed E-state index contributed by atoms with van der Waals surface area (Å²) in [6, 6.07) is 4.22. The van der Waals surface area contributed by atoms with Crippen molar-refractivity contribution in [3.8, 4) is 0 Å². The average Bonchev–Trinajstić information content (AvgIpc) is 2.46. The molecule has 5 nitrogen and oxygen atoms in total. The third kappa shape index (κ3) is 3.41. The molecule has 0 spiro atoms. The highest BCUT2D eigenvalue weighted by atomic mass is 79.9. The summed E-state index contributed by atoms with van der Waals surface area (Å²) in [6.07, 6.45) is 0.641. The van der Waals surface area contributed by atoms with Crippen molar-refractivity contribution in [1.82, 2.24) is 5.32 Å². The van der Waals surface area contributed by atoms with Gasteiger partial charge in [-0.3, -0.25) is 9.59 Å². The maximum absolute atomic E-state index is 13.7. The van der Waals surface area contributed by atoms with Crippen LogP contribution in [0.25, 0.3) is 0 Å². The number of nitrogens with one attached hydrogen (secondary N) is 1. The zero-order valence-corrected chi connectivity index (χ0v) is 12.8. The number of aliphatic carboxylic acids is 1. The van der Waals surface area contributed by atoms with Gasteiger partial charge in [-0.1, -0.05) is 6.07 Å². The predicted molar refractivity (Wildman–Crippen MR) is 76.6 cm³/mol. The molecule has 1 amide bonds. The zero-order chi connectivity index (χ0) is 15.5. The van der Waals surface area contributed by atoms with Crippen molar-refractivity contribution < 1.29 is 23.8 Å². The summed E-state index contributed by atoms with van der Waals surface area (Å²) < 4.78 is 19.2. The van der Waals surface area contributed by atoms with Crippen LogP contribution in [0.5, 0.6) is 0 Å². The Labute approximate surface area is 129 Å². The lowest BCUT2D eigenvalue weighted by Crippen LogP contribution is -2.46. The molecule has 1 aromatic rings. The van der Waals surface area contributed by atoms with Gasteiger partial charge in [-0.25, -0.2) is 4.39 Å². The number of carbonyl (C=O) groups excluding carboxylic acids is 1. The van der Waals surface area contributed by atoms with Crippen LogP contribution in [0.3, 0.4) is 0 Å². The van der Waals surface area contributed by atoms with Gasteiger partial charge >= 0.3 is 5.97 Å². The molecule has 0 saturated carbocycles. The van der Waals surface area contributed by atoms with Crippen LogP contribution in [0.15, 0.2) is 22.7 Å². The van der Waals surface area contributed by atoms with Crippen molar-refractivity contribution in [3.05, 3.63) is 34.1 Å². The fourth-order valence-corrected chi connectivity index (χ4v) is 2.80. The molecule has 1 saturated heterocycles. The molecule has 1 fully saturated rings. The number of hydrogen-bond acceptors (Lipinski definition) is 3. The van der Waals surface area contributed by atoms with Crippen LogP contribution < -0.4 is 5.32 Å². The molecule has 1 aliphatic heterocycles. The van der Waals surface area contributed by atoms with E-state index in [-0.39, 0.29) is 12.1 Å². The van der Waals surface area contributed by atoms with Gasteiger partial charge in [0.15, 0.2) is 0 Å². The number of halogens is 2. The van der Waals surface area contributed by atoms with Crippen molar-refractivity contribution in [3.63, 3.8) is 0 Å². The molecule has 114 valence electrons. The van der Waals surface area contributed by atoms with Crippen LogP contribution in [0, 0.1) is 11.2 Å². The van der Waals surface area contributed by atoms with Gasteiger partial charge in [-0.2, -0.15) is 0 Å². The molecular formula is C14H15BrFNO4. The van der Waals surface area contributed by atoms with Crippen LogP contribution in [0.1, 0.15) is 23.2 Å². The Morgan fingerprint density at radius 2 is 2.05 bits per heavy atom. The highest BCUT2D eigenvalue weighted by Crippen LogP contribution is 2.30. The summed E-state index contributed by atoms with van der Waals surface area (Å²) in [5, 5.41) is 11.9. The number of carboxylic acids is 1.